The lowest BCUT2D eigenvalue weighted by molar-refractivity contribution is -0.126. The van der Waals surface area contributed by atoms with Crippen LogP contribution in [-0.4, -0.2) is 28.5 Å². The van der Waals surface area contributed by atoms with Crippen molar-refractivity contribution in [3.8, 4) is 0 Å². The zero-order valence-corrected chi connectivity index (χ0v) is 23.3. The number of benzene rings is 3. The molecule has 210 valence electrons. The Kier molecular flexibility index (Phi) is 8.77. The molecule has 3 N–H and O–H groups in total. The summed E-state index contributed by atoms with van der Waals surface area (Å²) in [6.07, 6.45) is -3.54. The van der Waals surface area contributed by atoms with E-state index in [4.69, 9.17) is 58.0 Å². The maximum Gasteiger partial charge on any atom is 0.315 e. The van der Waals surface area contributed by atoms with E-state index in [2.05, 4.69) is 10.6 Å². The molecule has 0 heterocycles. The van der Waals surface area contributed by atoms with E-state index < -0.39 is 63.3 Å². The van der Waals surface area contributed by atoms with Gasteiger partial charge in [0.15, 0.2) is 5.82 Å². The Morgan fingerprint density at radius 2 is 1.50 bits per heavy atom. The quantitative estimate of drug-likeness (QED) is 0.178. The SMILES string of the molecule is O=C(Nc1ccc(F)c(NC(=O)C(F)F)c1F)c1cc(NC(=O)[C@H]2[C@H](c3cc(Cl)cc(Cl)c3)C2(Cl)Cl)ccc1Cl. The van der Waals surface area contributed by atoms with E-state index in [-0.39, 0.29) is 16.3 Å². The van der Waals surface area contributed by atoms with E-state index >= 15 is 0 Å². The van der Waals surface area contributed by atoms with Crippen molar-refractivity contribution in [3.05, 3.63) is 86.4 Å². The third-order valence-electron chi connectivity index (χ3n) is 5.84. The van der Waals surface area contributed by atoms with Crippen LogP contribution in [0.5, 0.6) is 0 Å². The van der Waals surface area contributed by atoms with Crippen molar-refractivity contribution in [3.63, 3.8) is 0 Å². The predicted molar refractivity (Wildman–Crippen MR) is 146 cm³/mol. The Balaban J connectivity index is 1.52. The van der Waals surface area contributed by atoms with E-state index in [9.17, 15) is 31.9 Å². The largest absolute Gasteiger partial charge is 0.326 e. The first-order valence-corrected chi connectivity index (χ1v) is 12.9. The summed E-state index contributed by atoms with van der Waals surface area (Å²) in [5.74, 6) is -7.94. The minimum atomic E-state index is -3.54. The van der Waals surface area contributed by atoms with Crippen molar-refractivity contribution in [2.75, 3.05) is 16.0 Å². The van der Waals surface area contributed by atoms with Crippen molar-refractivity contribution >= 4 is 92.8 Å². The number of carbonyl (C=O) groups is 3. The zero-order chi connectivity index (χ0) is 29.5. The number of halogens is 9. The molecule has 1 fully saturated rings. The molecular formula is C25H14Cl5F4N3O3. The average molecular weight is 658 g/mol. The van der Waals surface area contributed by atoms with Crippen molar-refractivity contribution in [1.82, 2.24) is 0 Å². The molecule has 0 spiro atoms. The minimum Gasteiger partial charge on any atom is -0.326 e. The summed E-state index contributed by atoms with van der Waals surface area (Å²) in [5.41, 5.74) is -1.41. The average Bonchev–Trinajstić information content (AvgIpc) is 3.45. The van der Waals surface area contributed by atoms with Crippen molar-refractivity contribution in [1.29, 1.82) is 0 Å². The highest BCUT2D eigenvalue weighted by Crippen LogP contribution is 2.65. The molecule has 6 nitrogen and oxygen atoms in total. The van der Waals surface area contributed by atoms with Gasteiger partial charge in [-0.25, -0.2) is 8.78 Å². The van der Waals surface area contributed by atoms with Crippen LogP contribution < -0.4 is 16.0 Å². The van der Waals surface area contributed by atoms with Gasteiger partial charge in [0.2, 0.25) is 5.91 Å². The molecule has 0 unspecified atom stereocenters. The lowest BCUT2D eigenvalue weighted by Gasteiger charge is -2.13. The molecule has 3 amide bonds. The van der Waals surface area contributed by atoms with Gasteiger partial charge in [0.05, 0.1) is 22.2 Å². The predicted octanol–water partition coefficient (Wildman–Crippen LogP) is 7.91. The third kappa shape index (κ3) is 6.26. The van der Waals surface area contributed by atoms with Crippen molar-refractivity contribution in [2.45, 2.75) is 16.7 Å². The Labute approximate surface area is 248 Å². The van der Waals surface area contributed by atoms with Gasteiger partial charge in [0.25, 0.3) is 11.8 Å². The summed E-state index contributed by atoms with van der Waals surface area (Å²) in [6, 6.07) is 9.96. The summed E-state index contributed by atoms with van der Waals surface area (Å²) >= 11 is 30.9. The molecule has 0 aromatic heterocycles. The van der Waals surface area contributed by atoms with E-state index in [1.54, 1.807) is 12.1 Å². The molecule has 0 radical (unpaired) electrons. The summed E-state index contributed by atoms with van der Waals surface area (Å²) in [7, 11) is 0. The van der Waals surface area contributed by atoms with Gasteiger partial charge in [0, 0.05) is 21.7 Å². The standard InChI is InChI=1S/C25H14Cl5F4N3O3/c26-10-5-9(6-11(27)7-10)17-18(25(17,29)30)23(39)35-12-1-2-14(28)13(8-12)22(38)36-16-4-3-15(31)20(19(16)32)37-24(40)21(33)34/h1-8,17-18,21H,(H,35,39)(H,36,38)(H,37,40)/t17-,18+/m0/s1. The second kappa shape index (κ2) is 11.6. The van der Waals surface area contributed by atoms with Gasteiger partial charge in [0.1, 0.15) is 15.8 Å². The van der Waals surface area contributed by atoms with Crippen LogP contribution >= 0.6 is 58.0 Å². The maximum absolute atomic E-state index is 14.7. The normalized spacial score (nSPS) is 17.4. The van der Waals surface area contributed by atoms with Gasteiger partial charge in [-0.05, 0) is 54.1 Å². The Morgan fingerprint density at radius 1 is 0.850 bits per heavy atom. The van der Waals surface area contributed by atoms with Gasteiger partial charge in [-0.15, -0.1) is 23.2 Å². The molecule has 3 aromatic rings. The summed E-state index contributed by atoms with van der Waals surface area (Å²) < 4.78 is 52.3. The van der Waals surface area contributed by atoms with Crippen molar-refractivity contribution < 1.29 is 31.9 Å². The molecule has 1 saturated carbocycles. The Hall–Kier alpha value is -2.76. The number of nitrogens with one attached hydrogen (secondary N) is 3. The van der Waals surface area contributed by atoms with Gasteiger partial charge in [-0.3, -0.25) is 14.4 Å². The third-order valence-corrected chi connectivity index (χ3v) is 7.55. The smallest absolute Gasteiger partial charge is 0.315 e. The number of alkyl halides is 4. The topological polar surface area (TPSA) is 87.3 Å². The molecule has 1 aliphatic rings. The fraction of sp³-hybridized carbons (Fsp3) is 0.160. The molecular weight excluding hydrogens is 644 g/mol. The van der Waals surface area contributed by atoms with Crippen molar-refractivity contribution in [2.24, 2.45) is 5.92 Å². The van der Waals surface area contributed by atoms with Gasteiger partial charge < -0.3 is 16.0 Å². The van der Waals surface area contributed by atoms with Crippen LogP contribution in [-0.2, 0) is 9.59 Å². The van der Waals surface area contributed by atoms with E-state index in [1.165, 1.54) is 29.6 Å². The van der Waals surface area contributed by atoms with E-state index in [1.807, 2.05) is 0 Å². The molecule has 2 atom stereocenters. The van der Waals surface area contributed by atoms with Crippen LogP contribution in [0.3, 0.4) is 0 Å². The zero-order valence-electron chi connectivity index (χ0n) is 19.5. The highest BCUT2D eigenvalue weighted by molar-refractivity contribution is 6.53. The molecule has 4 rings (SSSR count). The Bertz CT molecular complexity index is 1520. The van der Waals surface area contributed by atoms with Crippen LogP contribution in [0.15, 0.2) is 48.5 Å². The molecule has 15 heteroatoms. The number of rotatable bonds is 7. The monoisotopic (exact) mass is 655 g/mol. The van der Waals surface area contributed by atoms with Crippen LogP contribution in [0, 0.1) is 17.6 Å². The number of amides is 3. The molecule has 3 aromatic carbocycles. The Morgan fingerprint density at radius 3 is 2.12 bits per heavy atom. The lowest BCUT2D eigenvalue weighted by Crippen LogP contribution is -2.22. The van der Waals surface area contributed by atoms with E-state index in [0.717, 1.165) is 6.07 Å². The van der Waals surface area contributed by atoms with Gasteiger partial charge in [-0.1, -0.05) is 34.8 Å². The van der Waals surface area contributed by atoms with Crippen LogP contribution in [0.2, 0.25) is 15.1 Å². The molecule has 0 saturated heterocycles. The maximum atomic E-state index is 14.7. The number of hydrogen-bond donors (Lipinski definition) is 3. The lowest BCUT2D eigenvalue weighted by atomic mass is 10.1. The first-order chi connectivity index (χ1) is 18.7. The van der Waals surface area contributed by atoms with E-state index in [0.29, 0.717) is 21.7 Å². The fourth-order valence-electron chi connectivity index (χ4n) is 3.95. The minimum absolute atomic E-state index is 0.0999. The number of carbonyl (C=O) groups excluding carboxylic acids is 3. The first kappa shape index (κ1) is 30.2. The van der Waals surface area contributed by atoms with Gasteiger partial charge >= 0.3 is 6.43 Å². The number of hydrogen-bond acceptors (Lipinski definition) is 3. The first-order valence-electron chi connectivity index (χ1n) is 11.0. The molecule has 0 bridgehead atoms. The molecule has 40 heavy (non-hydrogen) atoms. The van der Waals surface area contributed by atoms with Crippen LogP contribution in [0.1, 0.15) is 21.8 Å². The fourth-order valence-corrected chi connectivity index (χ4v) is 5.52. The second-order valence-corrected chi connectivity index (χ2v) is 11.3. The summed E-state index contributed by atoms with van der Waals surface area (Å²) in [4.78, 5) is 37.1. The molecule has 0 aliphatic heterocycles. The molecule has 1 aliphatic carbocycles. The van der Waals surface area contributed by atoms with Gasteiger partial charge in [-0.2, -0.15) is 8.78 Å². The van der Waals surface area contributed by atoms with Crippen LogP contribution in [0.4, 0.5) is 34.6 Å². The van der Waals surface area contributed by atoms with Crippen LogP contribution in [0.25, 0.3) is 0 Å². The highest BCUT2D eigenvalue weighted by atomic mass is 35.5. The second-order valence-electron chi connectivity index (χ2n) is 8.54. The number of anilines is 3. The highest BCUT2D eigenvalue weighted by Gasteiger charge is 2.67. The summed E-state index contributed by atoms with van der Waals surface area (Å²) in [5, 5.41) is 6.67. The summed E-state index contributed by atoms with van der Waals surface area (Å²) in [6.45, 7) is 0.